The molecular formula is C13H15N3O3. The summed E-state index contributed by atoms with van der Waals surface area (Å²) in [6.07, 6.45) is 3.34. The zero-order chi connectivity index (χ0) is 13.7. The van der Waals surface area contributed by atoms with Crippen LogP contribution in [0.15, 0.2) is 30.6 Å². The van der Waals surface area contributed by atoms with Gasteiger partial charge < -0.3 is 19.8 Å². The first-order valence-electron chi connectivity index (χ1n) is 5.72. The van der Waals surface area contributed by atoms with E-state index in [1.54, 1.807) is 44.8 Å². The van der Waals surface area contributed by atoms with E-state index < -0.39 is 0 Å². The lowest BCUT2D eigenvalue weighted by molar-refractivity contribution is 0.0949. The fraction of sp³-hybridized carbons (Fsp3) is 0.231. The molecule has 19 heavy (non-hydrogen) atoms. The number of nitrogens with one attached hydrogen (secondary N) is 2. The molecule has 1 amide bonds. The highest BCUT2D eigenvalue weighted by Crippen LogP contribution is 2.22. The molecule has 1 aromatic heterocycles. The molecular weight excluding hydrogens is 246 g/mol. The van der Waals surface area contributed by atoms with E-state index in [1.165, 1.54) is 0 Å². The van der Waals surface area contributed by atoms with Gasteiger partial charge in [0, 0.05) is 24.0 Å². The number of ether oxygens (including phenoxy) is 2. The maximum Gasteiger partial charge on any atom is 0.251 e. The van der Waals surface area contributed by atoms with E-state index in [2.05, 4.69) is 15.3 Å². The second kappa shape index (κ2) is 5.90. The van der Waals surface area contributed by atoms with E-state index in [0.29, 0.717) is 29.4 Å². The summed E-state index contributed by atoms with van der Waals surface area (Å²) in [4.78, 5) is 19.0. The van der Waals surface area contributed by atoms with Crippen molar-refractivity contribution in [2.24, 2.45) is 0 Å². The third-order valence-corrected chi connectivity index (χ3v) is 2.58. The van der Waals surface area contributed by atoms with Gasteiger partial charge in [-0.1, -0.05) is 0 Å². The van der Waals surface area contributed by atoms with Gasteiger partial charge in [-0.05, 0) is 12.1 Å². The van der Waals surface area contributed by atoms with Crippen LogP contribution in [0.4, 0.5) is 0 Å². The minimum atomic E-state index is -0.214. The number of aromatic nitrogens is 2. The Hall–Kier alpha value is -2.50. The lowest BCUT2D eigenvalue weighted by Gasteiger charge is -2.08. The molecule has 1 heterocycles. The molecule has 0 unspecified atom stereocenters. The first kappa shape index (κ1) is 12.9. The van der Waals surface area contributed by atoms with Gasteiger partial charge >= 0.3 is 0 Å². The molecule has 0 aliphatic rings. The van der Waals surface area contributed by atoms with Crippen molar-refractivity contribution in [1.82, 2.24) is 15.3 Å². The summed E-state index contributed by atoms with van der Waals surface area (Å²) in [5, 5.41) is 2.76. The van der Waals surface area contributed by atoms with Crippen molar-refractivity contribution in [2.75, 3.05) is 14.2 Å². The van der Waals surface area contributed by atoms with Crippen molar-refractivity contribution in [3.63, 3.8) is 0 Å². The Kier molecular flexibility index (Phi) is 4.02. The van der Waals surface area contributed by atoms with Gasteiger partial charge in [0.05, 0.1) is 20.8 Å². The second-order valence-electron chi connectivity index (χ2n) is 3.82. The Morgan fingerprint density at radius 1 is 1.26 bits per heavy atom. The third-order valence-electron chi connectivity index (χ3n) is 2.58. The highest BCUT2D eigenvalue weighted by molar-refractivity contribution is 5.95. The minimum absolute atomic E-state index is 0.214. The van der Waals surface area contributed by atoms with E-state index >= 15 is 0 Å². The molecule has 0 spiro atoms. The lowest BCUT2D eigenvalue weighted by atomic mass is 10.2. The van der Waals surface area contributed by atoms with E-state index in [9.17, 15) is 4.79 Å². The Balaban J connectivity index is 2.09. The van der Waals surface area contributed by atoms with Crippen LogP contribution in [0.2, 0.25) is 0 Å². The van der Waals surface area contributed by atoms with Gasteiger partial charge in [0.15, 0.2) is 0 Å². The Bertz CT molecular complexity index is 530. The zero-order valence-electron chi connectivity index (χ0n) is 10.8. The molecule has 0 aliphatic heterocycles. The fourth-order valence-corrected chi connectivity index (χ4v) is 1.60. The van der Waals surface area contributed by atoms with Crippen LogP contribution in [0.25, 0.3) is 0 Å². The summed E-state index contributed by atoms with van der Waals surface area (Å²) < 4.78 is 10.2. The molecule has 0 radical (unpaired) electrons. The average Bonchev–Trinajstić information content (AvgIpc) is 2.97. The standard InChI is InChI=1S/C13H15N3O3/c1-18-10-5-9(6-11(7-10)19-2)13(17)16-8-12-14-3-4-15-12/h3-7H,8H2,1-2H3,(H,14,15)(H,16,17). The lowest BCUT2D eigenvalue weighted by Crippen LogP contribution is -2.23. The van der Waals surface area contributed by atoms with Gasteiger partial charge in [0.2, 0.25) is 0 Å². The summed E-state index contributed by atoms with van der Waals surface area (Å²) in [6, 6.07) is 5.02. The molecule has 2 aromatic rings. The van der Waals surface area contributed by atoms with Crippen molar-refractivity contribution >= 4 is 5.91 Å². The number of carbonyl (C=O) groups is 1. The average molecular weight is 261 g/mol. The number of carbonyl (C=O) groups excluding carboxylic acids is 1. The van der Waals surface area contributed by atoms with Crippen LogP contribution in [-0.2, 0) is 6.54 Å². The quantitative estimate of drug-likeness (QED) is 0.852. The van der Waals surface area contributed by atoms with Crippen molar-refractivity contribution in [2.45, 2.75) is 6.54 Å². The molecule has 0 bridgehead atoms. The molecule has 1 aromatic carbocycles. The number of methoxy groups -OCH3 is 2. The van der Waals surface area contributed by atoms with Crippen LogP contribution in [0.1, 0.15) is 16.2 Å². The predicted octanol–water partition coefficient (Wildman–Crippen LogP) is 1.36. The molecule has 0 saturated heterocycles. The topological polar surface area (TPSA) is 76.2 Å². The number of H-pyrrole nitrogens is 1. The zero-order valence-corrected chi connectivity index (χ0v) is 10.8. The Labute approximate surface area is 110 Å². The molecule has 6 heteroatoms. The van der Waals surface area contributed by atoms with E-state index in [4.69, 9.17) is 9.47 Å². The normalized spacial score (nSPS) is 10.0. The number of hydrogen-bond donors (Lipinski definition) is 2. The summed E-state index contributed by atoms with van der Waals surface area (Å²) in [6.45, 7) is 0.339. The number of hydrogen-bond acceptors (Lipinski definition) is 4. The first-order valence-corrected chi connectivity index (χ1v) is 5.72. The maximum absolute atomic E-state index is 12.0. The van der Waals surface area contributed by atoms with Crippen molar-refractivity contribution in [3.8, 4) is 11.5 Å². The predicted molar refractivity (Wildman–Crippen MR) is 69.3 cm³/mol. The van der Waals surface area contributed by atoms with Gasteiger partial charge in [0.25, 0.3) is 5.91 Å². The highest BCUT2D eigenvalue weighted by atomic mass is 16.5. The molecule has 2 N–H and O–H groups in total. The summed E-state index contributed by atoms with van der Waals surface area (Å²) in [5.41, 5.74) is 0.475. The van der Waals surface area contributed by atoms with Gasteiger partial charge in [-0.25, -0.2) is 4.98 Å². The molecule has 0 fully saturated rings. The van der Waals surface area contributed by atoms with Crippen LogP contribution in [0.5, 0.6) is 11.5 Å². The van der Waals surface area contributed by atoms with Crippen molar-refractivity contribution in [3.05, 3.63) is 42.0 Å². The largest absolute Gasteiger partial charge is 0.497 e. The SMILES string of the molecule is COc1cc(OC)cc(C(=O)NCc2ncc[nH]2)c1. The van der Waals surface area contributed by atoms with Gasteiger partial charge in [0.1, 0.15) is 17.3 Å². The highest BCUT2D eigenvalue weighted by Gasteiger charge is 2.10. The van der Waals surface area contributed by atoms with Crippen LogP contribution in [0.3, 0.4) is 0 Å². The van der Waals surface area contributed by atoms with Gasteiger partial charge in [-0.3, -0.25) is 4.79 Å². The van der Waals surface area contributed by atoms with E-state index in [0.717, 1.165) is 0 Å². The third kappa shape index (κ3) is 3.25. The molecule has 0 atom stereocenters. The van der Waals surface area contributed by atoms with Gasteiger partial charge in [-0.15, -0.1) is 0 Å². The molecule has 2 rings (SSSR count). The smallest absolute Gasteiger partial charge is 0.251 e. The number of benzene rings is 1. The number of aromatic amines is 1. The van der Waals surface area contributed by atoms with E-state index in [-0.39, 0.29) is 5.91 Å². The Morgan fingerprint density at radius 2 is 1.95 bits per heavy atom. The van der Waals surface area contributed by atoms with Gasteiger partial charge in [-0.2, -0.15) is 0 Å². The fourth-order valence-electron chi connectivity index (χ4n) is 1.60. The van der Waals surface area contributed by atoms with Crippen molar-refractivity contribution < 1.29 is 14.3 Å². The summed E-state index contributed by atoms with van der Waals surface area (Å²) >= 11 is 0. The second-order valence-corrected chi connectivity index (χ2v) is 3.82. The molecule has 0 aliphatic carbocycles. The van der Waals surface area contributed by atoms with Crippen LogP contribution in [-0.4, -0.2) is 30.1 Å². The minimum Gasteiger partial charge on any atom is -0.497 e. The summed E-state index contributed by atoms with van der Waals surface area (Å²) in [5.74, 6) is 1.63. The molecule has 100 valence electrons. The number of imidazole rings is 1. The molecule has 6 nitrogen and oxygen atoms in total. The number of rotatable bonds is 5. The van der Waals surface area contributed by atoms with Crippen LogP contribution < -0.4 is 14.8 Å². The monoisotopic (exact) mass is 261 g/mol. The number of amides is 1. The van der Waals surface area contributed by atoms with Crippen LogP contribution >= 0.6 is 0 Å². The number of nitrogens with zero attached hydrogens (tertiary/aromatic N) is 1. The Morgan fingerprint density at radius 3 is 2.47 bits per heavy atom. The van der Waals surface area contributed by atoms with E-state index in [1.807, 2.05) is 0 Å². The van der Waals surface area contributed by atoms with Crippen molar-refractivity contribution in [1.29, 1.82) is 0 Å². The summed E-state index contributed by atoms with van der Waals surface area (Å²) in [7, 11) is 3.08. The first-order chi connectivity index (χ1) is 9.22. The van der Waals surface area contributed by atoms with Crippen LogP contribution in [0, 0.1) is 0 Å². The maximum atomic E-state index is 12.0. The molecule has 0 saturated carbocycles.